The molecule has 5 rings (SSSR count). The minimum absolute atomic E-state index is 0.0510. The number of aromatic nitrogens is 4. The summed E-state index contributed by atoms with van der Waals surface area (Å²) >= 11 is 0. The van der Waals surface area contributed by atoms with Gasteiger partial charge in [0.25, 0.3) is 0 Å². The molecule has 31 heavy (non-hydrogen) atoms. The molecular formula is C24H22N6O. The molecule has 2 heterocycles. The van der Waals surface area contributed by atoms with Crippen LogP contribution in [0.1, 0.15) is 31.7 Å². The van der Waals surface area contributed by atoms with Crippen LogP contribution in [-0.2, 0) is 0 Å². The van der Waals surface area contributed by atoms with Gasteiger partial charge in [-0.2, -0.15) is 10.4 Å². The number of anilines is 1. The van der Waals surface area contributed by atoms with Crippen molar-refractivity contribution in [3.63, 3.8) is 0 Å². The number of nitrogens with two attached hydrogens (primary N) is 1. The second-order valence-corrected chi connectivity index (χ2v) is 7.84. The molecule has 2 atom stereocenters. The van der Waals surface area contributed by atoms with Crippen LogP contribution in [0.4, 0.5) is 5.82 Å². The van der Waals surface area contributed by atoms with Crippen LogP contribution in [0.3, 0.4) is 0 Å². The number of benzene rings is 2. The second kappa shape index (κ2) is 8.07. The summed E-state index contributed by atoms with van der Waals surface area (Å²) in [6.45, 7) is 0. The largest absolute Gasteiger partial charge is 0.457 e. The van der Waals surface area contributed by atoms with Crippen LogP contribution >= 0.6 is 0 Å². The van der Waals surface area contributed by atoms with Gasteiger partial charge < -0.3 is 10.5 Å². The zero-order valence-corrected chi connectivity index (χ0v) is 17.0. The van der Waals surface area contributed by atoms with Crippen LogP contribution in [0.15, 0.2) is 60.9 Å². The molecule has 0 saturated heterocycles. The predicted molar refractivity (Wildman–Crippen MR) is 118 cm³/mol. The number of hydrogen-bond acceptors (Lipinski definition) is 6. The van der Waals surface area contributed by atoms with Gasteiger partial charge in [0, 0.05) is 11.5 Å². The molecule has 1 saturated carbocycles. The lowest BCUT2D eigenvalue weighted by Crippen LogP contribution is -2.19. The monoisotopic (exact) mass is 410 g/mol. The number of hydrogen-bond donors (Lipinski definition) is 1. The number of fused-ring (bicyclic) bond motifs is 1. The molecule has 1 aliphatic rings. The molecule has 0 radical (unpaired) electrons. The van der Waals surface area contributed by atoms with E-state index in [-0.39, 0.29) is 12.0 Å². The smallest absolute Gasteiger partial charge is 0.164 e. The summed E-state index contributed by atoms with van der Waals surface area (Å²) in [7, 11) is 0. The molecule has 2 N–H and O–H groups in total. The summed E-state index contributed by atoms with van der Waals surface area (Å²) in [5.41, 5.74) is 8.62. The SMILES string of the molecule is N#CC1CCCC(n2nc(-c3ccc(Oc4ccccc4)cc3)c3c(N)ncnc32)C1. The Morgan fingerprint density at radius 1 is 1.00 bits per heavy atom. The summed E-state index contributed by atoms with van der Waals surface area (Å²) in [6, 6.07) is 20.0. The second-order valence-electron chi connectivity index (χ2n) is 7.84. The number of rotatable bonds is 4. The van der Waals surface area contributed by atoms with E-state index >= 15 is 0 Å². The molecule has 4 aromatic rings. The molecule has 2 aromatic heterocycles. The first-order valence-electron chi connectivity index (χ1n) is 10.4. The fourth-order valence-electron chi connectivity index (χ4n) is 4.26. The maximum atomic E-state index is 9.39. The summed E-state index contributed by atoms with van der Waals surface area (Å²) in [6.07, 6.45) is 5.17. The van der Waals surface area contributed by atoms with Crippen LogP contribution in [0.25, 0.3) is 22.3 Å². The molecule has 7 heteroatoms. The lowest BCUT2D eigenvalue weighted by molar-refractivity contribution is 0.295. The van der Waals surface area contributed by atoms with Crippen LogP contribution < -0.4 is 10.5 Å². The van der Waals surface area contributed by atoms with Crippen molar-refractivity contribution in [2.75, 3.05) is 5.73 Å². The molecule has 154 valence electrons. The van der Waals surface area contributed by atoms with Crippen molar-refractivity contribution < 1.29 is 4.74 Å². The number of ether oxygens (including phenoxy) is 1. The molecule has 0 amide bonds. The Hall–Kier alpha value is -3.92. The molecule has 0 spiro atoms. The van der Waals surface area contributed by atoms with Crippen molar-refractivity contribution in [1.82, 2.24) is 19.7 Å². The summed E-state index contributed by atoms with van der Waals surface area (Å²) in [5, 5.41) is 15.0. The van der Waals surface area contributed by atoms with E-state index in [1.54, 1.807) is 0 Å². The third-order valence-electron chi connectivity index (χ3n) is 5.80. The quantitative estimate of drug-likeness (QED) is 0.501. The summed E-state index contributed by atoms with van der Waals surface area (Å²) in [4.78, 5) is 8.68. The lowest BCUT2D eigenvalue weighted by Gasteiger charge is -2.25. The number of para-hydroxylation sites is 1. The maximum absolute atomic E-state index is 9.39. The van der Waals surface area contributed by atoms with E-state index in [1.807, 2.05) is 59.3 Å². The van der Waals surface area contributed by atoms with E-state index in [2.05, 4.69) is 16.0 Å². The summed E-state index contributed by atoms with van der Waals surface area (Å²) in [5.74, 6) is 1.98. The third-order valence-corrected chi connectivity index (χ3v) is 5.80. The molecule has 1 fully saturated rings. The van der Waals surface area contributed by atoms with Crippen LogP contribution in [0.5, 0.6) is 11.5 Å². The van der Waals surface area contributed by atoms with Crippen molar-refractivity contribution in [3.05, 3.63) is 60.9 Å². The molecule has 2 unspecified atom stereocenters. The molecule has 2 aromatic carbocycles. The van der Waals surface area contributed by atoms with Gasteiger partial charge in [0.05, 0.1) is 17.5 Å². The Balaban J connectivity index is 1.52. The minimum atomic E-state index is 0.0510. The Morgan fingerprint density at radius 3 is 2.55 bits per heavy atom. The Kier molecular flexibility index (Phi) is 4.97. The fraction of sp³-hybridized carbons (Fsp3) is 0.250. The van der Waals surface area contributed by atoms with E-state index in [1.165, 1.54) is 6.33 Å². The standard InChI is InChI=1S/C24H22N6O/c25-14-16-5-4-6-18(13-16)30-24-21(23(26)27-15-28-24)22(29-30)17-9-11-20(12-10-17)31-19-7-2-1-3-8-19/h1-3,7-12,15-16,18H,4-6,13H2,(H2,26,27,28). The van der Waals surface area contributed by atoms with Gasteiger partial charge in [0.2, 0.25) is 0 Å². The predicted octanol–water partition coefficient (Wildman–Crippen LogP) is 5.12. The maximum Gasteiger partial charge on any atom is 0.164 e. The number of nitrogen functional groups attached to an aromatic ring is 1. The highest BCUT2D eigenvalue weighted by Crippen LogP contribution is 2.37. The Labute approximate surface area is 180 Å². The van der Waals surface area contributed by atoms with E-state index in [9.17, 15) is 5.26 Å². The lowest BCUT2D eigenvalue weighted by atomic mass is 9.87. The molecule has 0 aliphatic heterocycles. The van der Waals surface area contributed by atoms with Gasteiger partial charge in [-0.3, -0.25) is 0 Å². The molecule has 0 bridgehead atoms. The average Bonchev–Trinajstić information content (AvgIpc) is 3.21. The van der Waals surface area contributed by atoms with Gasteiger partial charge >= 0.3 is 0 Å². The van der Waals surface area contributed by atoms with Gasteiger partial charge in [0.15, 0.2) is 5.65 Å². The zero-order chi connectivity index (χ0) is 21.2. The van der Waals surface area contributed by atoms with Gasteiger partial charge in [-0.15, -0.1) is 0 Å². The molecule has 7 nitrogen and oxygen atoms in total. The number of nitrogens with zero attached hydrogens (tertiary/aromatic N) is 5. The van der Waals surface area contributed by atoms with E-state index in [4.69, 9.17) is 15.6 Å². The fourth-order valence-corrected chi connectivity index (χ4v) is 4.26. The van der Waals surface area contributed by atoms with Gasteiger partial charge in [-0.25, -0.2) is 14.6 Å². The van der Waals surface area contributed by atoms with Crippen LogP contribution in [-0.4, -0.2) is 19.7 Å². The van der Waals surface area contributed by atoms with Crippen molar-refractivity contribution >= 4 is 16.9 Å². The van der Waals surface area contributed by atoms with E-state index in [0.29, 0.717) is 5.82 Å². The van der Waals surface area contributed by atoms with Gasteiger partial charge in [-0.1, -0.05) is 24.6 Å². The van der Waals surface area contributed by atoms with Crippen LogP contribution in [0.2, 0.25) is 0 Å². The molecule has 1 aliphatic carbocycles. The van der Waals surface area contributed by atoms with Crippen molar-refractivity contribution in [2.45, 2.75) is 31.7 Å². The highest BCUT2D eigenvalue weighted by atomic mass is 16.5. The van der Waals surface area contributed by atoms with Crippen molar-refractivity contribution in [3.8, 4) is 28.8 Å². The van der Waals surface area contributed by atoms with Gasteiger partial charge in [-0.05, 0) is 55.7 Å². The highest BCUT2D eigenvalue weighted by molar-refractivity contribution is 5.98. The third kappa shape index (κ3) is 3.68. The zero-order valence-electron chi connectivity index (χ0n) is 17.0. The first-order valence-corrected chi connectivity index (χ1v) is 10.4. The van der Waals surface area contributed by atoms with Crippen LogP contribution in [0, 0.1) is 17.2 Å². The average molecular weight is 410 g/mol. The first-order chi connectivity index (χ1) is 15.2. The first kappa shape index (κ1) is 19.1. The van der Waals surface area contributed by atoms with Gasteiger partial charge in [0.1, 0.15) is 29.3 Å². The van der Waals surface area contributed by atoms with Crippen molar-refractivity contribution in [2.24, 2.45) is 5.92 Å². The normalized spacial score (nSPS) is 18.5. The van der Waals surface area contributed by atoms with E-state index in [0.717, 1.165) is 59.5 Å². The Morgan fingerprint density at radius 2 is 1.77 bits per heavy atom. The Bertz CT molecular complexity index is 1240. The highest BCUT2D eigenvalue weighted by Gasteiger charge is 2.27. The summed E-state index contributed by atoms with van der Waals surface area (Å²) < 4.78 is 7.84. The minimum Gasteiger partial charge on any atom is -0.457 e. The number of nitriles is 1. The van der Waals surface area contributed by atoms with Crippen molar-refractivity contribution in [1.29, 1.82) is 5.26 Å². The topological polar surface area (TPSA) is 103 Å². The molecular weight excluding hydrogens is 388 g/mol. The van der Waals surface area contributed by atoms with E-state index < -0.39 is 0 Å².